The lowest BCUT2D eigenvalue weighted by Crippen LogP contribution is -2.49. The standard InChI is InChI=1S/C18H29N3O/c1-6-15-18(22)21(10-9-20(7-2)8-3)17-12-14(5)13(4)11-16(17)19-15/h11-12,15,19H,6-10H2,1-5H3. The molecule has 1 heterocycles. The summed E-state index contributed by atoms with van der Waals surface area (Å²) >= 11 is 0. The van der Waals surface area contributed by atoms with Gasteiger partial charge in [0, 0.05) is 13.1 Å². The number of fused-ring (bicyclic) bond motifs is 1. The molecule has 1 unspecified atom stereocenters. The molecule has 1 atom stereocenters. The highest BCUT2D eigenvalue weighted by Crippen LogP contribution is 2.34. The van der Waals surface area contributed by atoms with Crippen LogP contribution in [0.4, 0.5) is 11.4 Å². The smallest absolute Gasteiger partial charge is 0.249 e. The average molecular weight is 303 g/mol. The minimum absolute atomic E-state index is 0.105. The molecule has 0 bridgehead atoms. The summed E-state index contributed by atoms with van der Waals surface area (Å²) in [5.41, 5.74) is 4.62. The molecule has 1 aliphatic heterocycles. The van der Waals surface area contributed by atoms with E-state index in [2.05, 4.69) is 57.0 Å². The molecule has 4 heteroatoms. The van der Waals surface area contributed by atoms with Gasteiger partial charge in [-0.05, 0) is 56.6 Å². The largest absolute Gasteiger partial charge is 0.372 e. The van der Waals surface area contributed by atoms with Crippen LogP contribution in [0.3, 0.4) is 0 Å². The number of nitrogens with one attached hydrogen (secondary N) is 1. The van der Waals surface area contributed by atoms with E-state index in [1.54, 1.807) is 0 Å². The third-order valence-electron chi connectivity index (χ3n) is 4.74. The number of nitrogens with zero attached hydrogens (tertiary/aromatic N) is 2. The van der Waals surface area contributed by atoms with Crippen LogP contribution in [-0.4, -0.2) is 43.0 Å². The molecule has 1 aliphatic rings. The summed E-state index contributed by atoms with van der Waals surface area (Å²) in [6.45, 7) is 14.3. The van der Waals surface area contributed by atoms with E-state index in [1.807, 2.05) is 4.90 Å². The summed E-state index contributed by atoms with van der Waals surface area (Å²) in [5, 5.41) is 3.41. The molecule has 0 spiro atoms. The third-order valence-corrected chi connectivity index (χ3v) is 4.74. The number of carbonyl (C=O) groups is 1. The molecular formula is C18H29N3O. The van der Waals surface area contributed by atoms with E-state index in [4.69, 9.17) is 0 Å². The van der Waals surface area contributed by atoms with Crippen molar-refractivity contribution in [3.63, 3.8) is 0 Å². The molecule has 1 aromatic carbocycles. The average Bonchev–Trinajstić information content (AvgIpc) is 2.51. The van der Waals surface area contributed by atoms with Gasteiger partial charge in [-0.1, -0.05) is 20.8 Å². The Labute approximate surface area is 134 Å². The Morgan fingerprint density at radius 2 is 1.77 bits per heavy atom. The number of rotatable bonds is 6. The molecule has 122 valence electrons. The molecule has 4 nitrogen and oxygen atoms in total. The lowest BCUT2D eigenvalue weighted by atomic mass is 10.0. The van der Waals surface area contributed by atoms with Crippen molar-refractivity contribution in [2.45, 2.75) is 47.1 Å². The Kier molecular flexibility index (Phi) is 5.46. The van der Waals surface area contributed by atoms with E-state index in [1.165, 1.54) is 11.1 Å². The molecular weight excluding hydrogens is 274 g/mol. The van der Waals surface area contributed by atoms with Gasteiger partial charge >= 0.3 is 0 Å². The normalized spacial score (nSPS) is 17.6. The predicted molar refractivity (Wildman–Crippen MR) is 93.8 cm³/mol. The van der Waals surface area contributed by atoms with Crippen molar-refractivity contribution in [1.82, 2.24) is 4.90 Å². The minimum Gasteiger partial charge on any atom is -0.372 e. The molecule has 22 heavy (non-hydrogen) atoms. The maximum absolute atomic E-state index is 12.7. The summed E-state index contributed by atoms with van der Waals surface area (Å²) in [4.78, 5) is 17.1. The summed E-state index contributed by atoms with van der Waals surface area (Å²) < 4.78 is 0. The fourth-order valence-corrected chi connectivity index (χ4v) is 2.98. The van der Waals surface area contributed by atoms with Gasteiger partial charge in [0.15, 0.2) is 0 Å². The number of aryl methyl sites for hydroxylation is 2. The maximum Gasteiger partial charge on any atom is 0.249 e. The lowest BCUT2D eigenvalue weighted by molar-refractivity contribution is -0.119. The van der Waals surface area contributed by atoms with Gasteiger partial charge in [0.2, 0.25) is 5.91 Å². The van der Waals surface area contributed by atoms with Gasteiger partial charge < -0.3 is 15.1 Å². The monoisotopic (exact) mass is 303 g/mol. The van der Waals surface area contributed by atoms with Crippen LogP contribution >= 0.6 is 0 Å². The Balaban J connectivity index is 2.30. The molecule has 0 saturated carbocycles. The highest BCUT2D eigenvalue weighted by atomic mass is 16.2. The van der Waals surface area contributed by atoms with Crippen molar-refractivity contribution in [2.75, 3.05) is 36.4 Å². The second-order valence-corrected chi connectivity index (χ2v) is 6.08. The second-order valence-electron chi connectivity index (χ2n) is 6.08. The van der Waals surface area contributed by atoms with Crippen molar-refractivity contribution >= 4 is 17.3 Å². The molecule has 0 fully saturated rings. The number of amides is 1. The van der Waals surface area contributed by atoms with Crippen LogP contribution in [0.2, 0.25) is 0 Å². The number of hydrogen-bond acceptors (Lipinski definition) is 3. The van der Waals surface area contributed by atoms with Gasteiger partial charge in [0.1, 0.15) is 6.04 Å². The summed E-state index contributed by atoms with van der Waals surface area (Å²) in [6.07, 6.45) is 0.812. The lowest BCUT2D eigenvalue weighted by Gasteiger charge is -2.36. The fourth-order valence-electron chi connectivity index (χ4n) is 2.98. The number of carbonyl (C=O) groups excluding carboxylic acids is 1. The van der Waals surface area contributed by atoms with Crippen molar-refractivity contribution in [1.29, 1.82) is 0 Å². The maximum atomic E-state index is 12.7. The van der Waals surface area contributed by atoms with Gasteiger partial charge in [-0.2, -0.15) is 0 Å². The van der Waals surface area contributed by atoms with E-state index in [0.717, 1.165) is 44.0 Å². The second kappa shape index (κ2) is 7.14. The van der Waals surface area contributed by atoms with E-state index in [-0.39, 0.29) is 11.9 Å². The Morgan fingerprint density at radius 3 is 2.36 bits per heavy atom. The van der Waals surface area contributed by atoms with Crippen LogP contribution in [0.15, 0.2) is 12.1 Å². The molecule has 2 rings (SSSR count). The predicted octanol–water partition coefficient (Wildman–Crippen LogP) is 3.18. The van der Waals surface area contributed by atoms with Crippen LogP contribution in [0.5, 0.6) is 0 Å². The SMILES string of the molecule is CCC1Nc2cc(C)c(C)cc2N(CCN(CC)CC)C1=O. The van der Waals surface area contributed by atoms with E-state index >= 15 is 0 Å². The quantitative estimate of drug-likeness (QED) is 0.876. The number of hydrogen-bond donors (Lipinski definition) is 1. The minimum atomic E-state index is -0.105. The zero-order valence-electron chi connectivity index (χ0n) is 14.6. The third kappa shape index (κ3) is 3.27. The molecule has 1 amide bonds. The first-order valence-corrected chi connectivity index (χ1v) is 8.43. The number of benzene rings is 1. The zero-order valence-corrected chi connectivity index (χ0v) is 14.6. The zero-order chi connectivity index (χ0) is 16.3. The summed E-state index contributed by atoms with van der Waals surface area (Å²) in [5.74, 6) is 0.199. The number of likely N-dealkylation sites (N-methyl/N-ethyl adjacent to an activating group) is 1. The van der Waals surface area contributed by atoms with Crippen molar-refractivity contribution in [3.8, 4) is 0 Å². The molecule has 1 N–H and O–H groups in total. The van der Waals surface area contributed by atoms with Crippen LogP contribution < -0.4 is 10.2 Å². The fraction of sp³-hybridized carbons (Fsp3) is 0.611. The van der Waals surface area contributed by atoms with Gasteiger partial charge in [-0.15, -0.1) is 0 Å². The van der Waals surface area contributed by atoms with Gasteiger partial charge in [-0.3, -0.25) is 4.79 Å². The first-order valence-electron chi connectivity index (χ1n) is 8.43. The summed E-state index contributed by atoms with van der Waals surface area (Å²) in [7, 11) is 0. The topological polar surface area (TPSA) is 35.6 Å². The first-order chi connectivity index (χ1) is 10.5. The van der Waals surface area contributed by atoms with Gasteiger partial charge in [0.25, 0.3) is 0 Å². The van der Waals surface area contributed by atoms with Crippen molar-refractivity contribution < 1.29 is 4.79 Å². The van der Waals surface area contributed by atoms with E-state index in [9.17, 15) is 4.79 Å². The van der Waals surface area contributed by atoms with Gasteiger partial charge in [0.05, 0.1) is 11.4 Å². The molecule has 0 saturated heterocycles. The molecule has 0 radical (unpaired) electrons. The van der Waals surface area contributed by atoms with Crippen molar-refractivity contribution in [3.05, 3.63) is 23.3 Å². The Morgan fingerprint density at radius 1 is 1.14 bits per heavy atom. The number of anilines is 2. The highest BCUT2D eigenvalue weighted by molar-refractivity contribution is 6.05. The molecule has 0 aliphatic carbocycles. The van der Waals surface area contributed by atoms with E-state index < -0.39 is 0 Å². The Hall–Kier alpha value is -1.55. The molecule has 0 aromatic heterocycles. The van der Waals surface area contributed by atoms with E-state index in [0.29, 0.717) is 0 Å². The highest BCUT2D eigenvalue weighted by Gasteiger charge is 2.31. The Bertz CT molecular complexity index is 537. The van der Waals surface area contributed by atoms with Gasteiger partial charge in [-0.25, -0.2) is 0 Å². The summed E-state index contributed by atoms with van der Waals surface area (Å²) in [6, 6.07) is 4.21. The van der Waals surface area contributed by atoms with Crippen molar-refractivity contribution in [2.24, 2.45) is 0 Å². The first kappa shape index (κ1) is 16.8. The van der Waals surface area contributed by atoms with Crippen LogP contribution in [0.1, 0.15) is 38.3 Å². The van der Waals surface area contributed by atoms with Crippen LogP contribution in [0, 0.1) is 13.8 Å². The van der Waals surface area contributed by atoms with Crippen LogP contribution in [0.25, 0.3) is 0 Å². The molecule has 1 aromatic rings. The van der Waals surface area contributed by atoms with Crippen LogP contribution in [-0.2, 0) is 4.79 Å².